The van der Waals surface area contributed by atoms with Crippen LogP contribution in [0.1, 0.15) is 22.3 Å². The van der Waals surface area contributed by atoms with E-state index in [9.17, 15) is 19.7 Å². The first-order chi connectivity index (χ1) is 16.0. The number of benzene rings is 2. The SMILES string of the molecule is O=C1C(c2ccc([N+](=O)[O-])cc2)=C(N2CCc3ccccc3C2)C(=O)N1Cc1cccnc1. The summed E-state index contributed by atoms with van der Waals surface area (Å²) < 4.78 is 0. The number of non-ortho nitro benzene ring substituents is 1. The van der Waals surface area contributed by atoms with E-state index in [1.54, 1.807) is 18.5 Å². The van der Waals surface area contributed by atoms with E-state index in [1.807, 2.05) is 29.2 Å². The lowest BCUT2D eigenvalue weighted by atomic mass is 9.98. The highest BCUT2D eigenvalue weighted by atomic mass is 16.6. The zero-order valence-electron chi connectivity index (χ0n) is 17.7. The highest BCUT2D eigenvalue weighted by molar-refractivity contribution is 6.35. The average Bonchev–Trinajstić information content (AvgIpc) is 3.09. The molecule has 8 heteroatoms. The number of carbonyl (C=O) groups is 2. The van der Waals surface area contributed by atoms with Gasteiger partial charge in [0, 0.05) is 37.6 Å². The Labute approximate surface area is 189 Å². The van der Waals surface area contributed by atoms with Crippen LogP contribution >= 0.6 is 0 Å². The van der Waals surface area contributed by atoms with E-state index in [0.29, 0.717) is 24.4 Å². The molecule has 2 amide bonds. The number of nitro groups is 1. The summed E-state index contributed by atoms with van der Waals surface area (Å²) in [4.78, 5) is 44.9. The van der Waals surface area contributed by atoms with Crippen LogP contribution in [0.15, 0.2) is 78.8 Å². The van der Waals surface area contributed by atoms with Crippen LogP contribution in [-0.4, -0.2) is 38.1 Å². The molecule has 0 unspecified atom stereocenters. The molecule has 1 aromatic heterocycles. The topological polar surface area (TPSA) is 96.6 Å². The Hall–Kier alpha value is -4.33. The van der Waals surface area contributed by atoms with Crippen molar-refractivity contribution in [1.82, 2.24) is 14.8 Å². The average molecular weight is 440 g/mol. The summed E-state index contributed by atoms with van der Waals surface area (Å²) in [5.41, 5.74) is 4.12. The number of fused-ring (bicyclic) bond motifs is 1. The van der Waals surface area contributed by atoms with Gasteiger partial charge in [-0.05, 0) is 46.9 Å². The molecule has 5 rings (SSSR count). The van der Waals surface area contributed by atoms with Gasteiger partial charge in [-0.15, -0.1) is 0 Å². The van der Waals surface area contributed by atoms with Crippen molar-refractivity contribution in [3.05, 3.63) is 111 Å². The van der Waals surface area contributed by atoms with E-state index in [0.717, 1.165) is 17.5 Å². The lowest BCUT2D eigenvalue weighted by Gasteiger charge is -2.31. The highest BCUT2D eigenvalue weighted by Gasteiger charge is 2.42. The molecule has 8 nitrogen and oxygen atoms in total. The highest BCUT2D eigenvalue weighted by Crippen LogP contribution is 2.35. The fourth-order valence-electron chi connectivity index (χ4n) is 4.37. The standard InChI is InChI=1S/C25H20N4O4/c30-24-22(19-7-9-21(10-8-19)29(32)33)23(25(31)28(24)15-17-4-3-12-26-14-17)27-13-11-18-5-1-2-6-20(18)16-27/h1-10,12,14H,11,13,15-16H2. The molecule has 33 heavy (non-hydrogen) atoms. The maximum absolute atomic E-state index is 13.6. The molecule has 3 aromatic rings. The molecule has 0 radical (unpaired) electrons. The van der Waals surface area contributed by atoms with Gasteiger partial charge in [0.15, 0.2) is 0 Å². The Bertz CT molecular complexity index is 1290. The molecular formula is C25H20N4O4. The second-order valence-corrected chi connectivity index (χ2v) is 8.03. The lowest BCUT2D eigenvalue weighted by molar-refractivity contribution is -0.384. The Morgan fingerprint density at radius 1 is 0.939 bits per heavy atom. The third-order valence-corrected chi connectivity index (χ3v) is 6.02. The van der Waals surface area contributed by atoms with Gasteiger partial charge in [-0.1, -0.05) is 30.3 Å². The van der Waals surface area contributed by atoms with Crippen molar-refractivity contribution >= 4 is 23.1 Å². The number of nitro benzene ring substituents is 1. The predicted octanol–water partition coefficient (Wildman–Crippen LogP) is 3.33. The molecule has 0 atom stereocenters. The van der Waals surface area contributed by atoms with Gasteiger partial charge in [-0.2, -0.15) is 0 Å². The van der Waals surface area contributed by atoms with E-state index >= 15 is 0 Å². The minimum Gasteiger partial charge on any atom is -0.362 e. The van der Waals surface area contributed by atoms with Gasteiger partial charge in [0.25, 0.3) is 17.5 Å². The first kappa shape index (κ1) is 20.6. The minimum atomic E-state index is -0.489. The molecule has 2 aromatic carbocycles. The molecule has 0 saturated heterocycles. The van der Waals surface area contributed by atoms with Gasteiger partial charge in [0.2, 0.25) is 0 Å². The van der Waals surface area contributed by atoms with E-state index in [4.69, 9.17) is 0 Å². The normalized spacial score (nSPS) is 15.8. The summed E-state index contributed by atoms with van der Waals surface area (Å²) in [5, 5.41) is 11.1. The van der Waals surface area contributed by atoms with Crippen molar-refractivity contribution in [3.63, 3.8) is 0 Å². The number of rotatable bonds is 5. The Morgan fingerprint density at radius 3 is 2.39 bits per heavy atom. The zero-order valence-corrected chi connectivity index (χ0v) is 17.7. The van der Waals surface area contributed by atoms with Crippen LogP contribution in [0.3, 0.4) is 0 Å². The fourth-order valence-corrected chi connectivity index (χ4v) is 4.37. The Morgan fingerprint density at radius 2 is 1.70 bits per heavy atom. The van der Waals surface area contributed by atoms with Crippen molar-refractivity contribution in [2.24, 2.45) is 0 Å². The minimum absolute atomic E-state index is 0.0724. The van der Waals surface area contributed by atoms with Gasteiger partial charge < -0.3 is 4.90 Å². The largest absolute Gasteiger partial charge is 0.362 e. The van der Waals surface area contributed by atoms with Crippen LogP contribution in [0.5, 0.6) is 0 Å². The van der Waals surface area contributed by atoms with E-state index in [2.05, 4.69) is 11.1 Å². The zero-order chi connectivity index (χ0) is 22.9. The number of hydrogen-bond acceptors (Lipinski definition) is 6. The Balaban J connectivity index is 1.56. The molecule has 0 spiro atoms. The molecule has 0 fully saturated rings. The van der Waals surface area contributed by atoms with Crippen LogP contribution in [0.25, 0.3) is 5.57 Å². The van der Waals surface area contributed by atoms with Crippen LogP contribution in [0.2, 0.25) is 0 Å². The van der Waals surface area contributed by atoms with Gasteiger partial charge in [0.1, 0.15) is 5.70 Å². The smallest absolute Gasteiger partial charge is 0.278 e. The number of carbonyl (C=O) groups excluding carboxylic acids is 2. The first-order valence-electron chi connectivity index (χ1n) is 10.6. The van der Waals surface area contributed by atoms with Crippen molar-refractivity contribution in [3.8, 4) is 0 Å². The number of pyridine rings is 1. The number of nitrogens with zero attached hydrogens (tertiary/aromatic N) is 4. The summed E-state index contributed by atoms with van der Waals surface area (Å²) in [7, 11) is 0. The molecule has 2 aliphatic heterocycles. The van der Waals surface area contributed by atoms with Crippen LogP contribution in [-0.2, 0) is 29.1 Å². The number of imide groups is 1. The molecule has 0 aliphatic carbocycles. The van der Waals surface area contributed by atoms with E-state index in [1.165, 1.54) is 34.7 Å². The van der Waals surface area contributed by atoms with E-state index in [-0.39, 0.29) is 23.7 Å². The number of amides is 2. The number of hydrogen-bond donors (Lipinski definition) is 0. The van der Waals surface area contributed by atoms with Gasteiger partial charge in [-0.3, -0.25) is 29.6 Å². The van der Waals surface area contributed by atoms with Crippen LogP contribution < -0.4 is 0 Å². The van der Waals surface area contributed by atoms with Crippen molar-refractivity contribution in [2.45, 2.75) is 19.5 Å². The summed E-state index contributed by atoms with van der Waals surface area (Å²) in [6.45, 7) is 1.22. The van der Waals surface area contributed by atoms with Gasteiger partial charge in [0.05, 0.1) is 17.0 Å². The summed E-state index contributed by atoms with van der Waals surface area (Å²) in [6, 6.07) is 17.4. The maximum atomic E-state index is 13.6. The summed E-state index contributed by atoms with van der Waals surface area (Å²) in [6.07, 6.45) is 4.02. The third-order valence-electron chi connectivity index (χ3n) is 6.02. The maximum Gasteiger partial charge on any atom is 0.278 e. The van der Waals surface area contributed by atoms with Gasteiger partial charge in [-0.25, -0.2) is 0 Å². The molecule has 3 heterocycles. The molecule has 0 saturated carbocycles. The van der Waals surface area contributed by atoms with Crippen molar-refractivity contribution in [1.29, 1.82) is 0 Å². The van der Waals surface area contributed by atoms with Crippen LogP contribution in [0.4, 0.5) is 5.69 Å². The summed E-state index contributed by atoms with van der Waals surface area (Å²) in [5.74, 6) is -0.775. The monoisotopic (exact) mass is 440 g/mol. The second-order valence-electron chi connectivity index (χ2n) is 8.03. The lowest BCUT2D eigenvalue weighted by Crippen LogP contribution is -2.37. The molecule has 2 aliphatic rings. The van der Waals surface area contributed by atoms with Crippen molar-refractivity contribution < 1.29 is 14.5 Å². The number of aromatic nitrogens is 1. The quantitative estimate of drug-likeness (QED) is 0.343. The molecule has 0 N–H and O–H groups in total. The predicted molar refractivity (Wildman–Crippen MR) is 120 cm³/mol. The second kappa shape index (κ2) is 8.31. The first-order valence-corrected chi connectivity index (χ1v) is 10.6. The molecular weight excluding hydrogens is 420 g/mol. The molecule has 164 valence electrons. The van der Waals surface area contributed by atoms with E-state index < -0.39 is 10.8 Å². The third kappa shape index (κ3) is 3.76. The van der Waals surface area contributed by atoms with Gasteiger partial charge >= 0.3 is 0 Å². The Kier molecular flexibility index (Phi) is 5.18. The van der Waals surface area contributed by atoms with Crippen LogP contribution in [0, 0.1) is 10.1 Å². The van der Waals surface area contributed by atoms with Crippen molar-refractivity contribution in [2.75, 3.05) is 6.54 Å². The molecule has 0 bridgehead atoms. The summed E-state index contributed by atoms with van der Waals surface area (Å²) >= 11 is 0. The fraction of sp³-hybridized carbons (Fsp3) is 0.160.